The summed E-state index contributed by atoms with van der Waals surface area (Å²) in [7, 11) is 0. The Labute approximate surface area is 158 Å². The van der Waals surface area contributed by atoms with Crippen LogP contribution in [0.5, 0.6) is 0 Å². The average molecular weight is 435 g/mol. The summed E-state index contributed by atoms with van der Waals surface area (Å²) < 4.78 is 84.1. The van der Waals surface area contributed by atoms with Gasteiger partial charge in [0.25, 0.3) is 0 Å². The molecule has 0 fully saturated rings. The van der Waals surface area contributed by atoms with E-state index in [0.29, 0.717) is 48.7 Å². The summed E-state index contributed by atoms with van der Waals surface area (Å²) in [6, 6.07) is 0. The molecule has 0 radical (unpaired) electrons. The van der Waals surface area contributed by atoms with Crippen LogP contribution in [0.3, 0.4) is 0 Å². The van der Waals surface area contributed by atoms with E-state index in [-0.39, 0.29) is 0 Å². The van der Waals surface area contributed by atoms with E-state index in [4.69, 9.17) is 34.7 Å². The third-order valence-corrected chi connectivity index (χ3v) is 0. The van der Waals surface area contributed by atoms with E-state index in [1.807, 2.05) is 0 Å². The Morgan fingerprint density at radius 3 is 0.471 bits per heavy atom. The summed E-state index contributed by atoms with van der Waals surface area (Å²) in [5.41, 5.74) is 0. The summed E-state index contributed by atoms with van der Waals surface area (Å²) in [6.07, 6.45) is 0. The van der Waals surface area contributed by atoms with Crippen molar-refractivity contribution in [3.8, 4) is 0 Å². The molecule has 0 aromatic rings. The van der Waals surface area contributed by atoms with Gasteiger partial charge in [-0.15, -0.1) is 0 Å². The summed E-state index contributed by atoms with van der Waals surface area (Å²) in [5.74, 6) is 0. The molecule has 0 atom stereocenters. The Bertz CT molecular complexity index is 153. The molecule has 0 aliphatic rings. The number of hydrogen-bond acceptors (Lipinski definition) is 10. The topological polar surface area (TPSA) is 171 Å². The van der Waals surface area contributed by atoms with E-state index in [9.17, 15) is 0 Å². The van der Waals surface area contributed by atoms with Crippen LogP contribution in [0.4, 0.5) is 0 Å². The van der Waals surface area contributed by atoms with Crippen molar-refractivity contribution in [1.82, 2.24) is 0 Å². The average Bonchev–Trinajstić information content (AvgIpc) is 2.41. The van der Waals surface area contributed by atoms with E-state index < -0.39 is 57.3 Å². The second-order valence-electron chi connectivity index (χ2n) is 0.250. The molecule has 88 valence electrons. The minimum atomic E-state index is -2.00. The van der Waals surface area contributed by atoms with Crippen LogP contribution in [0.2, 0.25) is 0 Å². The maximum absolute atomic E-state index is 8.50. The fourth-order valence-electron chi connectivity index (χ4n) is 0. The van der Waals surface area contributed by atoms with Gasteiger partial charge in [-0.3, -0.25) is 0 Å². The quantitative estimate of drug-likeness (QED) is 0.354. The van der Waals surface area contributed by atoms with E-state index in [2.05, 4.69) is 0 Å². The molecule has 0 spiro atoms. The van der Waals surface area contributed by atoms with E-state index in [1.54, 1.807) is 0 Å². The van der Waals surface area contributed by atoms with Crippen molar-refractivity contribution in [2.24, 2.45) is 0 Å². The third-order valence-electron chi connectivity index (χ3n) is 0. The second kappa shape index (κ2) is 189. The van der Waals surface area contributed by atoms with Gasteiger partial charge in [0, 0.05) is 0 Å². The van der Waals surface area contributed by atoms with Gasteiger partial charge in [-0.25, -0.2) is 0 Å². The Hall–Kier alpha value is 2.45. The van der Waals surface area contributed by atoms with Crippen LogP contribution < -0.4 is 0 Å². The summed E-state index contributed by atoms with van der Waals surface area (Å²) >= 11 is -3.42. The van der Waals surface area contributed by atoms with Crippen molar-refractivity contribution in [3.05, 3.63) is 0 Å². The van der Waals surface area contributed by atoms with Crippen LogP contribution in [0, 0.1) is 0 Å². The first kappa shape index (κ1) is 42.7. The molecule has 0 aromatic carbocycles. The van der Waals surface area contributed by atoms with Gasteiger partial charge in [-0.2, -0.15) is 0 Å². The molecule has 0 aliphatic heterocycles. The van der Waals surface area contributed by atoms with Crippen molar-refractivity contribution in [3.63, 3.8) is 0 Å². The van der Waals surface area contributed by atoms with Gasteiger partial charge in [0.2, 0.25) is 0 Å². The van der Waals surface area contributed by atoms with Gasteiger partial charge < -0.3 is 0 Å². The van der Waals surface area contributed by atoms with Crippen LogP contribution in [0.25, 0.3) is 0 Å². The van der Waals surface area contributed by atoms with Gasteiger partial charge in [-0.1, -0.05) is 0 Å². The molecule has 0 saturated carbocycles. The van der Waals surface area contributed by atoms with Crippen LogP contribution >= 0.6 is 0 Å². The fraction of sp³-hybridized carbons (Fsp3) is 0. The SMILES string of the molecule is [O]=[AlH].[O]=[AlH].[O]=[AlH].[O]=[Ti].[O]=[Ti]=[O].[O]=[Ti]=[O].[O]=[Ti]=[O]. The molecule has 0 bridgehead atoms. The fourth-order valence-corrected chi connectivity index (χ4v) is 0. The zero-order valence-corrected chi connectivity index (χ0v) is 18.7. The van der Waals surface area contributed by atoms with Gasteiger partial charge in [-0.05, 0) is 0 Å². The van der Waals surface area contributed by atoms with Gasteiger partial charge in [0.1, 0.15) is 0 Å². The van der Waals surface area contributed by atoms with E-state index in [0.717, 1.165) is 20.4 Å². The zero-order valence-electron chi connectivity index (χ0n) is 8.20. The molecular weight excluding hydrogens is 432 g/mol. The molecule has 0 saturated heterocycles. The molecule has 17 heavy (non-hydrogen) atoms. The predicted octanol–water partition coefficient (Wildman–Crippen LogP) is -3.14. The maximum atomic E-state index is 8.50. The minimum absolute atomic E-state index is 0.611. The summed E-state index contributed by atoms with van der Waals surface area (Å²) in [4.78, 5) is 0. The van der Waals surface area contributed by atoms with Crippen LogP contribution in [-0.2, 0) is 112 Å². The molecule has 0 amide bonds. The van der Waals surface area contributed by atoms with Crippen molar-refractivity contribution in [2.75, 3.05) is 0 Å². The Morgan fingerprint density at radius 1 is 0.471 bits per heavy atom. The third kappa shape index (κ3) is 829. The Balaban J connectivity index is -0.0000000139. The molecule has 0 rings (SSSR count). The molecule has 0 unspecified atom stereocenters. The summed E-state index contributed by atoms with van der Waals surface area (Å²) in [5, 5.41) is 0. The van der Waals surface area contributed by atoms with Crippen molar-refractivity contribution >= 4 is 48.7 Å². The van der Waals surface area contributed by atoms with Crippen LogP contribution in [0.15, 0.2) is 0 Å². The standard InChI is InChI=1S/3Al.10O.4Ti.3H. The Kier molecular flexibility index (Phi) is 475. The first-order valence-electron chi connectivity index (χ1n) is 2.29. The molecule has 0 heterocycles. The zero-order chi connectivity index (χ0) is 16.1. The van der Waals surface area contributed by atoms with Crippen molar-refractivity contribution in [1.29, 1.82) is 0 Å². The Morgan fingerprint density at radius 2 is 0.471 bits per heavy atom. The first-order valence-corrected chi connectivity index (χ1v) is 8.49. The number of hydrogen-bond donors (Lipinski definition) is 0. The molecule has 0 aromatic heterocycles. The normalized spacial score (nSPS) is 2.12. The van der Waals surface area contributed by atoms with Crippen molar-refractivity contribution in [2.45, 2.75) is 0 Å². The molecule has 0 aliphatic carbocycles. The molecular formula is H3Al3O10Ti4. The van der Waals surface area contributed by atoms with Gasteiger partial charge in [0.15, 0.2) is 0 Å². The van der Waals surface area contributed by atoms with Crippen LogP contribution in [-0.4, -0.2) is 48.7 Å². The van der Waals surface area contributed by atoms with Crippen LogP contribution in [0.1, 0.15) is 0 Å². The van der Waals surface area contributed by atoms with Gasteiger partial charge in [0.05, 0.1) is 0 Å². The summed E-state index contributed by atoms with van der Waals surface area (Å²) in [6.45, 7) is 0. The van der Waals surface area contributed by atoms with Crippen molar-refractivity contribution < 1.29 is 112 Å². The first-order chi connectivity index (χ1) is 8.24. The predicted molar refractivity (Wildman–Crippen MR) is 28.3 cm³/mol. The number of rotatable bonds is 0. The monoisotopic (exact) mass is 436 g/mol. The molecule has 10 nitrogen and oxygen atoms in total. The molecule has 0 N–H and O–H groups in total. The van der Waals surface area contributed by atoms with E-state index >= 15 is 0 Å². The second-order valence-corrected chi connectivity index (χ2v) is 1.03. The molecule has 17 heteroatoms. The van der Waals surface area contributed by atoms with Gasteiger partial charge >= 0.3 is 161 Å². The van der Waals surface area contributed by atoms with E-state index in [1.165, 1.54) is 0 Å².